The molecule has 0 aliphatic heterocycles. The first kappa shape index (κ1) is 25.5. The molecule has 2 amide bonds. The second kappa shape index (κ2) is 12.3. The van der Waals surface area contributed by atoms with Gasteiger partial charge in [0.15, 0.2) is 6.61 Å². The van der Waals surface area contributed by atoms with Crippen LogP contribution in [0.4, 0.5) is 0 Å². The fourth-order valence-electron chi connectivity index (χ4n) is 2.95. The topological polar surface area (TPSA) is 58.6 Å². The first-order valence-corrected chi connectivity index (χ1v) is 11.7. The Hall–Kier alpha value is -1.76. The highest BCUT2D eigenvalue weighted by Crippen LogP contribution is 2.24. The molecule has 0 unspecified atom stereocenters. The minimum Gasteiger partial charge on any atom is -0.484 e. The van der Waals surface area contributed by atoms with Crippen LogP contribution in [0.1, 0.15) is 39.2 Å². The number of nitrogens with one attached hydrogen (secondary N) is 1. The van der Waals surface area contributed by atoms with Gasteiger partial charge in [0.05, 0.1) is 10.0 Å². The monoisotopic (exact) mass is 528 g/mol. The lowest BCUT2D eigenvalue weighted by Crippen LogP contribution is -2.51. The molecule has 0 bridgehead atoms. The standard InChI is InChI=1S/C23H27BrCl2N2O3/c1-4-15(3)27-23(30)21(5-2)28(13-16-6-11-19(25)20(26)12-16)22(29)14-31-18-9-7-17(24)8-10-18/h6-12,15,21H,4-5,13-14H2,1-3H3,(H,27,30)/t15-,21-/m0/s1. The quantitative estimate of drug-likeness (QED) is 0.419. The largest absolute Gasteiger partial charge is 0.484 e. The molecule has 0 saturated carbocycles. The molecule has 2 rings (SSSR count). The number of nitrogens with zero attached hydrogens (tertiary/aromatic N) is 1. The maximum Gasteiger partial charge on any atom is 0.261 e. The van der Waals surface area contributed by atoms with Gasteiger partial charge in [0, 0.05) is 17.1 Å². The van der Waals surface area contributed by atoms with Gasteiger partial charge in [-0.15, -0.1) is 0 Å². The summed E-state index contributed by atoms with van der Waals surface area (Å²) < 4.78 is 6.59. The molecular formula is C23H27BrCl2N2O3. The van der Waals surface area contributed by atoms with Gasteiger partial charge >= 0.3 is 0 Å². The average molecular weight is 530 g/mol. The van der Waals surface area contributed by atoms with E-state index in [1.165, 1.54) is 4.90 Å². The van der Waals surface area contributed by atoms with Crippen molar-refractivity contribution in [1.29, 1.82) is 0 Å². The van der Waals surface area contributed by atoms with Crippen LogP contribution < -0.4 is 10.1 Å². The van der Waals surface area contributed by atoms with E-state index in [1.54, 1.807) is 30.3 Å². The summed E-state index contributed by atoms with van der Waals surface area (Å²) in [5.74, 6) is 0.0946. The molecule has 0 aromatic heterocycles. The van der Waals surface area contributed by atoms with Crippen molar-refractivity contribution in [1.82, 2.24) is 10.2 Å². The van der Waals surface area contributed by atoms with Crippen LogP contribution >= 0.6 is 39.1 Å². The SMILES string of the molecule is CC[C@H](C)NC(=O)[C@H](CC)N(Cc1ccc(Cl)c(Cl)c1)C(=O)COc1ccc(Br)cc1. The zero-order chi connectivity index (χ0) is 23.0. The number of ether oxygens (including phenoxy) is 1. The molecule has 0 aliphatic carbocycles. The number of amides is 2. The Bertz CT molecular complexity index is 893. The highest BCUT2D eigenvalue weighted by molar-refractivity contribution is 9.10. The zero-order valence-corrected chi connectivity index (χ0v) is 20.9. The van der Waals surface area contributed by atoms with E-state index in [2.05, 4.69) is 21.2 Å². The van der Waals surface area contributed by atoms with Gasteiger partial charge in [-0.1, -0.05) is 59.0 Å². The summed E-state index contributed by atoms with van der Waals surface area (Å²) in [7, 11) is 0. The summed E-state index contributed by atoms with van der Waals surface area (Å²) >= 11 is 15.5. The molecule has 0 fully saturated rings. The summed E-state index contributed by atoms with van der Waals surface area (Å²) in [6, 6.07) is 11.8. The Kier molecular flexibility index (Phi) is 10.1. The van der Waals surface area contributed by atoms with Crippen molar-refractivity contribution >= 4 is 50.9 Å². The minimum atomic E-state index is -0.635. The average Bonchev–Trinajstić information content (AvgIpc) is 2.75. The van der Waals surface area contributed by atoms with E-state index < -0.39 is 6.04 Å². The molecule has 0 spiro atoms. The summed E-state index contributed by atoms with van der Waals surface area (Å²) in [5.41, 5.74) is 0.779. The smallest absolute Gasteiger partial charge is 0.261 e. The van der Waals surface area contributed by atoms with Crippen LogP contribution in [0.2, 0.25) is 10.0 Å². The third kappa shape index (κ3) is 7.70. The first-order chi connectivity index (χ1) is 14.7. The van der Waals surface area contributed by atoms with Gasteiger partial charge in [-0.05, 0) is 61.7 Å². The van der Waals surface area contributed by atoms with Crippen molar-refractivity contribution in [2.24, 2.45) is 0 Å². The Labute approximate surface area is 202 Å². The number of rotatable bonds is 10. The molecule has 8 heteroatoms. The zero-order valence-electron chi connectivity index (χ0n) is 17.8. The van der Waals surface area contributed by atoms with E-state index in [0.29, 0.717) is 22.2 Å². The third-order valence-corrected chi connectivity index (χ3v) is 6.17. The molecule has 31 heavy (non-hydrogen) atoms. The summed E-state index contributed by atoms with van der Waals surface area (Å²) in [6.45, 7) is 5.84. The van der Waals surface area contributed by atoms with Crippen LogP contribution in [-0.4, -0.2) is 35.4 Å². The Morgan fingerprint density at radius 2 is 1.74 bits per heavy atom. The molecule has 168 valence electrons. The van der Waals surface area contributed by atoms with Crippen molar-refractivity contribution in [3.63, 3.8) is 0 Å². The van der Waals surface area contributed by atoms with Gasteiger partial charge in [-0.3, -0.25) is 9.59 Å². The molecular weight excluding hydrogens is 503 g/mol. The maximum absolute atomic E-state index is 13.2. The van der Waals surface area contributed by atoms with E-state index in [9.17, 15) is 9.59 Å². The Morgan fingerprint density at radius 3 is 2.32 bits per heavy atom. The predicted molar refractivity (Wildman–Crippen MR) is 129 cm³/mol. The molecule has 1 N–H and O–H groups in total. The summed E-state index contributed by atoms with van der Waals surface area (Å²) in [6.07, 6.45) is 1.27. The normalized spacial score (nSPS) is 12.7. The molecule has 2 aromatic rings. The number of halogens is 3. The van der Waals surface area contributed by atoms with E-state index >= 15 is 0 Å². The van der Waals surface area contributed by atoms with Crippen LogP contribution in [0.3, 0.4) is 0 Å². The lowest BCUT2D eigenvalue weighted by molar-refractivity contribution is -0.143. The van der Waals surface area contributed by atoms with Gasteiger partial charge in [-0.2, -0.15) is 0 Å². The number of benzene rings is 2. The molecule has 0 heterocycles. The van der Waals surface area contributed by atoms with E-state index in [1.807, 2.05) is 32.9 Å². The minimum absolute atomic E-state index is 0.0162. The second-order valence-electron chi connectivity index (χ2n) is 7.25. The molecule has 2 aromatic carbocycles. The first-order valence-electron chi connectivity index (χ1n) is 10.2. The molecule has 5 nitrogen and oxygen atoms in total. The second-order valence-corrected chi connectivity index (χ2v) is 8.98. The predicted octanol–water partition coefficient (Wildman–Crippen LogP) is 5.86. The van der Waals surface area contributed by atoms with Gasteiger partial charge in [-0.25, -0.2) is 0 Å². The molecule has 0 radical (unpaired) electrons. The number of carbonyl (C=O) groups is 2. The van der Waals surface area contributed by atoms with Crippen LogP contribution in [0.15, 0.2) is 46.9 Å². The number of carbonyl (C=O) groups excluding carboxylic acids is 2. The lowest BCUT2D eigenvalue weighted by Gasteiger charge is -2.31. The summed E-state index contributed by atoms with van der Waals surface area (Å²) in [5, 5.41) is 3.81. The Balaban J connectivity index is 2.23. The fraction of sp³-hybridized carbons (Fsp3) is 0.391. The van der Waals surface area contributed by atoms with Crippen molar-refractivity contribution in [3.05, 3.63) is 62.5 Å². The third-order valence-electron chi connectivity index (χ3n) is 4.90. The van der Waals surface area contributed by atoms with Crippen molar-refractivity contribution in [2.45, 2.75) is 52.2 Å². The highest BCUT2D eigenvalue weighted by Gasteiger charge is 2.29. The van der Waals surface area contributed by atoms with Crippen LogP contribution in [0.5, 0.6) is 5.75 Å². The molecule has 2 atom stereocenters. The fourth-order valence-corrected chi connectivity index (χ4v) is 3.54. The molecule has 0 aliphatic rings. The van der Waals surface area contributed by atoms with Gasteiger partial charge < -0.3 is 15.0 Å². The van der Waals surface area contributed by atoms with E-state index in [-0.39, 0.29) is 31.0 Å². The van der Waals surface area contributed by atoms with Gasteiger partial charge in [0.2, 0.25) is 5.91 Å². The number of hydrogen-bond donors (Lipinski definition) is 1. The van der Waals surface area contributed by atoms with Gasteiger partial charge in [0.25, 0.3) is 5.91 Å². The van der Waals surface area contributed by atoms with Crippen LogP contribution in [0.25, 0.3) is 0 Å². The number of hydrogen-bond acceptors (Lipinski definition) is 3. The van der Waals surface area contributed by atoms with E-state index in [0.717, 1.165) is 16.5 Å². The van der Waals surface area contributed by atoms with Crippen molar-refractivity contribution in [3.8, 4) is 5.75 Å². The highest BCUT2D eigenvalue weighted by atomic mass is 79.9. The lowest BCUT2D eigenvalue weighted by atomic mass is 10.1. The van der Waals surface area contributed by atoms with Crippen LogP contribution in [-0.2, 0) is 16.1 Å². The maximum atomic E-state index is 13.2. The van der Waals surface area contributed by atoms with Gasteiger partial charge in [0.1, 0.15) is 11.8 Å². The van der Waals surface area contributed by atoms with E-state index in [4.69, 9.17) is 27.9 Å². The van der Waals surface area contributed by atoms with Crippen LogP contribution in [0, 0.1) is 0 Å². The van der Waals surface area contributed by atoms with Crippen molar-refractivity contribution in [2.75, 3.05) is 6.61 Å². The van der Waals surface area contributed by atoms with Crippen molar-refractivity contribution < 1.29 is 14.3 Å². The molecule has 0 saturated heterocycles. The summed E-state index contributed by atoms with van der Waals surface area (Å²) in [4.78, 5) is 27.6. The Morgan fingerprint density at radius 1 is 1.06 bits per heavy atom.